The second-order valence-corrected chi connectivity index (χ2v) is 5.24. The average molecular weight is 274 g/mol. The highest BCUT2D eigenvalue weighted by molar-refractivity contribution is 7.80. The van der Waals surface area contributed by atoms with E-state index in [1.165, 1.54) is 0 Å². The van der Waals surface area contributed by atoms with Gasteiger partial charge in [0.2, 0.25) is 0 Å². The summed E-state index contributed by atoms with van der Waals surface area (Å²) in [6.07, 6.45) is 0.510. The quantitative estimate of drug-likeness (QED) is 0.810. The molecule has 0 saturated heterocycles. The lowest BCUT2D eigenvalue weighted by Gasteiger charge is -2.18. The highest BCUT2D eigenvalue weighted by Gasteiger charge is 2.14. The van der Waals surface area contributed by atoms with E-state index in [4.69, 9.17) is 34.3 Å². The molecule has 5 heteroatoms. The summed E-state index contributed by atoms with van der Waals surface area (Å²) in [7, 11) is 0. The average Bonchev–Trinajstić information content (AvgIpc) is 2.14. The van der Waals surface area contributed by atoms with Gasteiger partial charge in [-0.1, -0.05) is 29.9 Å². The summed E-state index contributed by atoms with van der Waals surface area (Å²) in [6, 6.07) is 5.23. The van der Waals surface area contributed by atoms with E-state index in [-0.39, 0.29) is 4.99 Å². The third-order valence-corrected chi connectivity index (χ3v) is 2.71. The van der Waals surface area contributed by atoms with Crippen LogP contribution in [-0.2, 0) is 0 Å². The number of halogens is 1. The molecule has 1 rings (SSSR count). The summed E-state index contributed by atoms with van der Waals surface area (Å²) < 4.78 is 5.54. The first kappa shape index (κ1) is 14.2. The number of hydrogen-bond donors (Lipinski definition) is 2. The molecule has 0 bridgehead atoms. The molecule has 1 aromatic carbocycles. The summed E-state index contributed by atoms with van der Waals surface area (Å²) >= 11 is 10.9. The molecule has 0 aliphatic rings. The van der Waals surface area contributed by atoms with Crippen molar-refractivity contribution >= 4 is 28.8 Å². The van der Waals surface area contributed by atoms with Gasteiger partial charge in [-0.2, -0.15) is 0 Å². The molecule has 1 aromatic rings. The van der Waals surface area contributed by atoms with Crippen molar-refractivity contribution in [2.24, 2.45) is 5.73 Å². The third kappa shape index (κ3) is 4.50. The molecule has 0 amide bonds. The summed E-state index contributed by atoms with van der Waals surface area (Å²) in [6.45, 7) is 3.82. The minimum atomic E-state index is -0.762. The number of rotatable bonds is 5. The Bertz CT molecular complexity index is 415. The standard InChI is InChI=1S/C12H16ClNO2S/c1-12(2,15)6-7-16-9-5-3-4-8(13)10(9)11(14)17/h3-5,15H,6-7H2,1-2H3,(H2,14,17). The van der Waals surface area contributed by atoms with E-state index in [9.17, 15) is 5.11 Å². The highest BCUT2D eigenvalue weighted by atomic mass is 35.5. The maximum absolute atomic E-state index is 9.57. The maximum Gasteiger partial charge on any atom is 0.130 e. The van der Waals surface area contributed by atoms with Crippen molar-refractivity contribution in [2.45, 2.75) is 25.9 Å². The molecule has 94 valence electrons. The number of nitrogens with two attached hydrogens (primary N) is 1. The first-order valence-electron chi connectivity index (χ1n) is 5.25. The number of aliphatic hydroxyl groups is 1. The van der Waals surface area contributed by atoms with Crippen LogP contribution in [0.25, 0.3) is 0 Å². The van der Waals surface area contributed by atoms with Crippen molar-refractivity contribution in [1.82, 2.24) is 0 Å². The fraction of sp³-hybridized carbons (Fsp3) is 0.417. The van der Waals surface area contributed by atoms with Crippen LogP contribution >= 0.6 is 23.8 Å². The Morgan fingerprint density at radius 1 is 1.53 bits per heavy atom. The molecule has 0 saturated carbocycles. The zero-order valence-corrected chi connectivity index (χ0v) is 11.4. The smallest absolute Gasteiger partial charge is 0.130 e. The van der Waals surface area contributed by atoms with E-state index >= 15 is 0 Å². The van der Waals surface area contributed by atoms with Crippen molar-refractivity contribution in [3.05, 3.63) is 28.8 Å². The lowest BCUT2D eigenvalue weighted by Crippen LogP contribution is -2.22. The Labute approximate surface area is 112 Å². The molecule has 0 heterocycles. The van der Waals surface area contributed by atoms with Crippen LogP contribution in [0.2, 0.25) is 5.02 Å². The van der Waals surface area contributed by atoms with Crippen LogP contribution in [0.15, 0.2) is 18.2 Å². The Kier molecular flexibility index (Phi) is 4.74. The van der Waals surface area contributed by atoms with E-state index in [0.717, 1.165) is 0 Å². The molecule has 0 radical (unpaired) electrons. The summed E-state index contributed by atoms with van der Waals surface area (Å²) in [4.78, 5) is 0.203. The largest absolute Gasteiger partial charge is 0.493 e. The molecule has 0 aliphatic carbocycles. The van der Waals surface area contributed by atoms with Gasteiger partial charge in [-0.15, -0.1) is 0 Å². The van der Waals surface area contributed by atoms with Crippen LogP contribution < -0.4 is 10.5 Å². The molecule has 0 spiro atoms. The topological polar surface area (TPSA) is 55.5 Å². The van der Waals surface area contributed by atoms with E-state index in [1.54, 1.807) is 32.0 Å². The van der Waals surface area contributed by atoms with E-state index in [0.29, 0.717) is 29.4 Å². The fourth-order valence-electron chi connectivity index (χ4n) is 1.27. The third-order valence-electron chi connectivity index (χ3n) is 2.19. The van der Waals surface area contributed by atoms with Gasteiger partial charge in [-0.25, -0.2) is 0 Å². The van der Waals surface area contributed by atoms with Gasteiger partial charge >= 0.3 is 0 Å². The normalized spacial score (nSPS) is 11.3. The van der Waals surface area contributed by atoms with Gasteiger partial charge in [0.1, 0.15) is 10.7 Å². The van der Waals surface area contributed by atoms with Gasteiger partial charge in [0, 0.05) is 6.42 Å². The molecule has 0 fully saturated rings. The predicted molar refractivity (Wildman–Crippen MR) is 73.7 cm³/mol. The van der Waals surface area contributed by atoms with E-state index in [1.807, 2.05) is 0 Å². The molecule has 3 N–H and O–H groups in total. The van der Waals surface area contributed by atoms with Gasteiger partial charge in [-0.3, -0.25) is 0 Å². The molecule has 0 atom stereocenters. The zero-order chi connectivity index (χ0) is 13.1. The van der Waals surface area contributed by atoms with E-state index < -0.39 is 5.60 Å². The number of benzene rings is 1. The molecular weight excluding hydrogens is 258 g/mol. The molecule has 0 aromatic heterocycles. The van der Waals surface area contributed by atoms with Crippen molar-refractivity contribution in [3.63, 3.8) is 0 Å². The van der Waals surface area contributed by atoms with Gasteiger partial charge in [0.25, 0.3) is 0 Å². The van der Waals surface area contributed by atoms with Crippen LogP contribution in [-0.4, -0.2) is 22.3 Å². The minimum absolute atomic E-state index is 0.203. The summed E-state index contributed by atoms with van der Waals surface area (Å²) in [5.41, 5.74) is 5.37. The number of hydrogen-bond acceptors (Lipinski definition) is 3. The minimum Gasteiger partial charge on any atom is -0.493 e. The monoisotopic (exact) mass is 273 g/mol. The molecule has 3 nitrogen and oxygen atoms in total. The lowest BCUT2D eigenvalue weighted by molar-refractivity contribution is 0.0553. The molecule has 0 unspecified atom stereocenters. The molecule has 17 heavy (non-hydrogen) atoms. The second-order valence-electron chi connectivity index (χ2n) is 4.39. The summed E-state index contributed by atoms with van der Waals surface area (Å²) in [5, 5.41) is 10.0. The lowest BCUT2D eigenvalue weighted by atomic mass is 10.1. The van der Waals surface area contributed by atoms with Crippen molar-refractivity contribution < 1.29 is 9.84 Å². The molecule has 0 aliphatic heterocycles. The van der Waals surface area contributed by atoms with Crippen molar-refractivity contribution in [1.29, 1.82) is 0 Å². The van der Waals surface area contributed by atoms with Gasteiger partial charge in [-0.05, 0) is 26.0 Å². The summed E-state index contributed by atoms with van der Waals surface area (Å²) in [5.74, 6) is 0.550. The first-order chi connectivity index (χ1) is 7.81. The SMILES string of the molecule is CC(C)(O)CCOc1cccc(Cl)c1C(N)=S. The van der Waals surface area contributed by atoms with Crippen LogP contribution in [0.5, 0.6) is 5.75 Å². The van der Waals surface area contributed by atoms with Gasteiger partial charge in [0.05, 0.1) is 22.8 Å². The van der Waals surface area contributed by atoms with Crippen LogP contribution in [0, 0.1) is 0 Å². The predicted octanol–water partition coefficient (Wildman–Crippen LogP) is 2.51. The Balaban J connectivity index is 2.78. The Morgan fingerprint density at radius 2 is 2.18 bits per heavy atom. The Morgan fingerprint density at radius 3 is 2.71 bits per heavy atom. The van der Waals surface area contributed by atoms with E-state index in [2.05, 4.69) is 0 Å². The van der Waals surface area contributed by atoms with Crippen LogP contribution in [0.3, 0.4) is 0 Å². The van der Waals surface area contributed by atoms with Gasteiger partial charge < -0.3 is 15.6 Å². The Hall–Kier alpha value is -0.840. The van der Waals surface area contributed by atoms with Crippen LogP contribution in [0.1, 0.15) is 25.8 Å². The maximum atomic E-state index is 9.57. The fourth-order valence-corrected chi connectivity index (χ4v) is 1.81. The molecular formula is C12H16ClNO2S. The highest BCUT2D eigenvalue weighted by Crippen LogP contribution is 2.26. The van der Waals surface area contributed by atoms with Crippen LogP contribution in [0.4, 0.5) is 0 Å². The zero-order valence-electron chi connectivity index (χ0n) is 9.87. The van der Waals surface area contributed by atoms with Crippen molar-refractivity contribution in [3.8, 4) is 5.75 Å². The number of ether oxygens (including phenoxy) is 1. The number of thiocarbonyl (C=S) groups is 1. The first-order valence-corrected chi connectivity index (χ1v) is 6.03. The van der Waals surface area contributed by atoms with Crippen molar-refractivity contribution in [2.75, 3.05) is 6.61 Å². The van der Waals surface area contributed by atoms with Gasteiger partial charge in [0.15, 0.2) is 0 Å². The second kappa shape index (κ2) is 5.67.